The van der Waals surface area contributed by atoms with E-state index in [2.05, 4.69) is 26.2 Å². The number of benzene rings is 2. The van der Waals surface area contributed by atoms with Gasteiger partial charge in [-0.2, -0.15) is 10.2 Å². The van der Waals surface area contributed by atoms with Crippen molar-refractivity contribution >= 4 is 27.3 Å². The monoisotopic (exact) mass is 298 g/mol. The van der Waals surface area contributed by atoms with E-state index >= 15 is 0 Å². The summed E-state index contributed by atoms with van der Waals surface area (Å²) in [7, 11) is 0. The van der Waals surface area contributed by atoms with Gasteiger partial charge in [-0.3, -0.25) is 0 Å². The summed E-state index contributed by atoms with van der Waals surface area (Å²) in [4.78, 5) is 0. The quantitative estimate of drug-likeness (QED) is 0.601. The fourth-order valence-corrected chi connectivity index (χ4v) is 1.40. The molecule has 2 aromatic rings. The summed E-state index contributed by atoms with van der Waals surface area (Å²) in [5, 5.41) is 18.9. The number of hydrogen-bond acceptors (Lipinski definition) is 3. The van der Waals surface area contributed by atoms with Gasteiger partial charge in [-0.1, -0.05) is 28.1 Å². The maximum absolute atomic E-state index is 10.9. The SMILES string of the molecule is [Na+].[O-]c1ccc(N=Nc2ccc(Br)cc2)cc1. The van der Waals surface area contributed by atoms with Crippen molar-refractivity contribution < 1.29 is 34.7 Å². The van der Waals surface area contributed by atoms with Crippen LogP contribution in [0.25, 0.3) is 0 Å². The van der Waals surface area contributed by atoms with Crippen LogP contribution in [-0.4, -0.2) is 0 Å². The zero-order chi connectivity index (χ0) is 11.4. The molecule has 3 nitrogen and oxygen atoms in total. The molecule has 17 heavy (non-hydrogen) atoms. The summed E-state index contributed by atoms with van der Waals surface area (Å²) in [6.07, 6.45) is 0. The molecule has 0 aliphatic rings. The Morgan fingerprint density at radius 1 is 0.765 bits per heavy atom. The molecule has 2 rings (SSSR count). The van der Waals surface area contributed by atoms with Crippen LogP contribution in [-0.2, 0) is 0 Å². The summed E-state index contributed by atoms with van der Waals surface area (Å²) < 4.78 is 1.00. The number of halogens is 1. The van der Waals surface area contributed by atoms with Gasteiger partial charge in [-0.25, -0.2) is 0 Å². The Morgan fingerprint density at radius 2 is 1.18 bits per heavy atom. The average Bonchev–Trinajstić information content (AvgIpc) is 2.30. The summed E-state index contributed by atoms with van der Waals surface area (Å²) in [6.45, 7) is 0. The summed E-state index contributed by atoms with van der Waals surface area (Å²) in [5.74, 6) is -0.0254. The van der Waals surface area contributed by atoms with Crippen LogP contribution in [0.1, 0.15) is 0 Å². The molecule has 80 valence electrons. The molecule has 0 heterocycles. The minimum atomic E-state index is -0.0254. The van der Waals surface area contributed by atoms with Gasteiger partial charge < -0.3 is 5.11 Å². The van der Waals surface area contributed by atoms with E-state index in [1.165, 1.54) is 12.1 Å². The van der Waals surface area contributed by atoms with Gasteiger partial charge in [0.15, 0.2) is 0 Å². The topological polar surface area (TPSA) is 47.8 Å². The predicted octanol–water partition coefficient (Wildman–Crippen LogP) is 0.942. The first-order valence-corrected chi connectivity index (χ1v) is 5.48. The number of rotatable bonds is 2. The van der Waals surface area contributed by atoms with Crippen molar-refractivity contribution in [3.05, 3.63) is 53.0 Å². The average molecular weight is 299 g/mol. The van der Waals surface area contributed by atoms with Crippen LogP contribution in [0.2, 0.25) is 0 Å². The maximum Gasteiger partial charge on any atom is 1.00 e. The van der Waals surface area contributed by atoms with E-state index in [0.29, 0.717) is 5.69 Å². The van der Waals surface area contributed by atoms with Crippen molar-refractivity contribution in [1.82, 2.24) is 0 Å². The van der Waals surface area contributed by atoms with Gasteiger partial charge in [0.05, 0.1) is 11.4 Å². The van der Waals surface area contributed by atoms with Crippen molar-refractivity contribution in [2.45, 2.75) is 0 Å². The molecule has 5 heteroatoms. The third-order valence-electron chi connectivity index (χ3n) is 1.94. The summed E-state index contributed by atoms with van der Waals surface area (Å²) in [5.41, 5.74) is 1.44. The first kappa shape index (κ1) is 14.4. The van der Waals surface area contributed by atoms with Gasteiger partial charge >= 0.3 is 29.6 Å². The second kappa shape index (κ2) is 6.91. The van der Waals surface area contributed by atoms with Gasteiger partial charge in [-0.05, 0) is 36.4 Å². The van der Waals surface area contributed by atoms with E-state index in [9.17, 15) is 5.11 Å². The van der Waals surface area contributed by atoms with Crippen LogP contribution in [0, 0.1) is 0 Å². The molecule has 0 saturated carbocycles. The molecule has 0 radical (unpaired) electrons. The van der Waals surface area contributed by atoms with E-state index < -0.39 is 0 Å². The molecule has 0 unspecified atom stereocenters. The van der Waals surface area contributed by atoms with Crippen LogP contribution >= 0.6 is 15.9 Å². The van der Waals surface area contributed by atoms with Gasteiger partial charge in [0.25, 0.3) is 0 Å². The molecule has 0 fully saturated rings. The van der Waals surface area contributed by atoms with E-state index in [4.69, 9.17) is 0 Å². The van der Waals surface area contributed by atoms with E-state index in [1.807, 2.05) is 24.3 Å². The Kier molecular flexibility index (Phi) is 5.85. The normalized spacial score (nSPS) is 10.2. The zero-order valence-corrected chi connectivity index (χ0v) is 12.9. The predicted molar refractivity (Wildman–Crippen MR) is 64.2 cm³/mol. The van der Waals surface area contributed by atoms with Crippen molar-refractivity contribution in [2.75, 3.05) is 0 Å². The molecule has 0 amide bonds. The Morgan fingerprint density at radius 3 is 1.65 bits per heavy atom. The van der Waals surface area contributed by atoms with Gasteiger partial charge in [0.2, 0.25) is 0 Å². The third kappa shape index (κ3) is 4.60. The minimum absolute atomic E-state index is 0. The Labute approximate surface area is 130 Å². The second-order valence-corrected chi connectivity index (χ2v) is 4.09. The first-order chi connectivity index (χ1) is 7.74. The van der Waals surface area contributed by atoms with Crippen molar-refractivity contribution in [1.29, 1.82) is 0 Å². The van der Waals surface area contributed by atoms with E-state index in [0.717, 1.165) is 10.2 Å². The molecule has 0 aliphatic heterocycles. The molecule has 0 N–H and O–H groups in total. The minimum Gasteiger partial charge on any atom is -0.872 e. The standard InChI is InChI=1S/C12H9BrN2O.Na/c13-9-1-3-10(4-2-9)14-15-11-5-7-12(16)8-6-11;/h1-8,16H;/q;+1/p-1. The number of azo groups is 1. The van der Waals surface area contributed by atoms with Crippen molar-refractivity contribution in [2.24, 2.45) is 10.2 Å². The second-order valence-electron chi connectivity index (χ2n) is 3.17. The molecular weight excluding hydrogens is 291 g/mol. The molecule has 0 bridgehead atoms. The fourth-order valence-electron chi connectivity index (χ4n) is 1.14. The van der Waals surface area contributed by atoms with Crippen LogP contribution < -0.4 is 34.7 Å². The Bertz CT molecular complexity index is 449. The van der Waals surface area contributed by atoms with Gasteiger partial charge in [0, 0.05) is 4.47 Å². The van der Waals surface area contributed by atoms with Crippen LogP contribution in [0.4, 0.5) is 11.4 Å². The largest absolute Gasteiger partial charge is 1.00 e. The summed E-state index contributed by atoms with van der Waals surface area (Å²) in [6, 6.07) is 13.7. The zero-order valence-electron chi connectivity index (χ0n) is 9.30. The van der Waals surface area contributed by atoms with Crippen molar-refractivity contribution in [3.63, 3.8) is 0 Å². The van der Waals surface area contributed by atoms with Crippen LogP contribution in [0.15, 0.2) is 63.2 Å². The third-order valence-corrected chi connectivity index (χ3v) is 2.47. The number of nitrogens with zero attached hydrogens (tertiary/aromatic N) is 2. The molecule has 0 aromatic heterocycles. The summed E-state index contributed by atoms with van der Waals surface area (Å²) >= 11 is 3.34. The Balaban J connectivity index is 0.00000144. The first-order valence-electron chi connectivity index (χ1n) is 4.68. The molecule has 2 aromatic carbocycles. The fraction of sp³-hybridized carbons (Fsp3) is 0. The maximum atomic E-state index is 10.9. The van der Waals surface area contributed by atoms with Crippen LogP contribution in [0.5, 0.6) is 5.75 Å². The molecular formula is C12H8BrN2NaO. The van der Waals surface area contributed by atoms with E-state index in [1.54, 1.807) is 12.1 Å². The smallest absolute Gasteiger partial charge is 0.872 e. The molecule has 0 saturated heterocycles. The molecule has 0 aliphatic carbocycles. The Hall–Kier alpha value is -0.680. The van der Waals surface area contributed by atoms with Gasteiger partial charge in [-0.15, -0.1) is 5.75 Å². The van der Waals surface area contributed by atoms with Crippen molar-refractivity contribution in [3.8, 4) is 5.75 Å². The number of hydrogen-bond donors (Lipinski definition) is 0. The molecule has 0 atom stereocenters. The van der Waals surface area contributed by atoms with E-state index in [-0.39, 0.29) is 35.3 Å². The van der Waals surface area contributed by atoms with Gasteiger partial charge in [0.1, 0.15) is 0 Å². The molecule has 0 spiro atoms. The van der Waals surface area contributed by atoms with Crippen LogP contribution in [0.3, 0.4) is 0 Å².